The van der Waals surface area contributed by atoms with Crippen molar-refractivity contribution >= 4 is 51.7 Å². The molecule has 3 aromatic rings. The SMILES string of the molecule is CCN(C1=C(c2cccs2)C(=O)N(c2ccc(NC(C)=O)cc2)C1=O)c1ccccc1. The number of nitrogens with one attached hydrogen (secondary N) is 1. The van der Waals surface area contributed by atoms with Crippen molar-refractivity contribution < 1.29 is 14.4 Å². The average molecular weight is 432 g/mol. The Kier molecular flexibility index (Phi) is 5.68. The molecule has 0 fully saturated rings. The first kappa shape index (κ1) is 20.6. The molecular weight excluding hydrogens is 410 g/mol. The van der Waals surface area contributed by atoms with Crippen LogP contribution in [-0.2, 0) is 14.4 Å². The third kappa shape index (κ3) is 3.87. The van der Waals surface area contributed by atoms with Crippen LogP contribution in [0, 0.1) is 0 Å². The Hall–Kier alpha value is -3.71. The van der Waals surface area contributed by atoms with Crippen molar-refractivity contribution in [2.24, 2.45) is 0 Å². The summed E-state index contributed by atoms with van der Waals surface area (Å²) in [6, 6.07) is 20.0. The van der Waals surface area contributed by atoms with Gasteiger partial charge in [-0.1, -0.05) is 24.3 Å². The number of hydrogen-bond acceptors (Lipinski definition) is 5. The molecule has 0 unspecified atom stereocenters. The first-order chi connectivity index (χ1) is 15.0. The maximum absolute atomic E-state index is 13.6. The molecule has 6 nitrogen and oxygen atoms in total. The Balaban J connectivity index is 1.79. The maximum Gasteiger partial charge on any atom is 0.282 e. The first-order valence-corrected chi connectivity index (χ1v) is 10.8. The molecule has 2 aromatic carbocycles. The van der Waals surface area contributed by atoms with Crippen LogP contribution in [0.25, 0.3) is 5.57 Å². The highest BCUT2D eigenvalue weighted by atomic mass is 32.1. The van der Waals surface area contributed by atoms with E-state index < -0.39 is 0 Å². The van der Waals surface area contributed by atoms with Crippen molar-refractivity contribution in [2.75, 3.05) is 21.7 Å². The molecule has 0 atom stereocenters. The molecule has 31 heavy (non-hydrogen) atoms. The molecule has 1 N–H and O–H groups in total. The Morgan fingerprint density at radius 1 is 0.968 bits per heavy atom. The van der Waals surface area contributed by atoms with Crippen LogP contribution in [-0.4, -0.2) is 24.3 Å². The first-order valence-electron chi connectivity index (χ1n) is 9.88. The van der Waals surface area contributed by atoms with E-state index in [-0.39, 0.29) is 17.7 Å². The zero-order valence-electron chi connectivity index (χ0n) is 17.2. The monoisotopic (exact) mass is 431 g/mol. The highest BCUT2D eigenvalue weighted by Gasteiger charge is 2.43. The van der Waals surface area contributed by atoms with Gasteiger partial charge < -0.3 is 10.2 Å². The van der Waals surface area contributed by atoms with Gasteiger partial charge >= 0.3 is 0 Å². The van der Waals surface area contributed by atoms with Gasteiger partial charge in [-0.05, 0) is 54.8 Å². The van der Waals surface area contributed by atoms with E-state index in [4.69, 9.17) is 0 Å². The van der Waals surface area contributed by atoms with E-state index >= 15 is 0 Å². The Bertz CT molecular complexity index is 1150. The fourth-order valence-corrected chi connectivity index (χ4v) is 4.38. The van der Waals surface area contributed by atoms with E-state index in [1.165, 1.54) is 23.2 Å². The Morgan fingerprint density at radius 3 is 2.26 bits per heavy atom. The maximum atomic E-state index is 13.6. The third-order valence-electron chi connectivity index (χ3n) is 4.93. The zero-order chi connectivity index (χ0) is 22.0. The molecule has 2 heterocycles. The molecule has 156 valence electrons. The van der Waals surface area contributed by atoms with Gasteiger partial charge in [0.2, 0.25) is 5.91 Å². The highest BCUT2D eigenvalue weighted by molar-refractivity contribution is 7.11. The van der Waals surface area contributed by atoms with Gasteiger partial charge in [0.1, 0.15) is 5.70 Å². The second-order valence-corrected chi connectivity index (χ2v) is 7.90. The highest BCUT2D eigenvalue weighted by Crippen LogP contribution is 2.38. The Morgan fingerprint density at radius 2 is 1.68 bits per heavy atom. The van der Waals surface area contributed by atoms with Crippen LogP contribution in [0.5, 0.6) is 0 Å². The second-order valence-electron chi connectivity index (χ2n) is 6.95. The van der Waals surface area contributed by atoms with Crippen molar-refractivity contribution in [1.82, 2.24) is 0 Å². The minimum atomic E-state index is -0.369. The smallest absolute Gasteiger partial charge is 0.282 e. The van der Waals surface area contributed by atoms with Crippen LogP contribution in [0.3, 0.4) is 0 Å². The predicted molar refractivity (Wildman–Crippen MR) is 124 cm³/mol. The van der Waals surface area contributed by atoms with Gasteiger partial charge in [-0.25, -0.2) is 4.90 Å². The number of carbonyl (C=O) groups is 3. The summed E-state index contributed by atoms with van der Waals surface area (Å²) in [5.74, 6) is -0.915. The van der Waals surface area contributed by atoms with E-state index in [2.05, 4.69) is 5.32 Å². The number of carbonyl (C=O) groups excluding carboxylic acids is 3. The number of nitrogens with zero attached hydrogens (tertiary/aromatic N) is 2. The number of imide groups is 1. The lowest BCUT2D eigenvalue weighted by Gasteiger charge is -2.24. The van der Waals surface area contributed by atoms with E-state index in [1.807, 2.05) is 59.7 Å². The van der Waals surface area contributed by atoms with Crippen LogP contribution in [0.2, 0.25) is 0 Å². The molecule has 0 saturated carbocycles. The van der Waals surface area contributed by atoms with E-state index in [1.54, 1.807) is 24.3 Å². The lowest BCUT2D eigenvalue weighted by molar-refractivity contribution is -0.120. The van der Waals surface area contributed by atoms with E-state index in [0.717, 1.165) is 10.6 Å². The molecule has 0 aliphatic carbocycles. The summed E-state index contributed by atoms with van der Waals surface area (Å²) in [6.45, 7) is 3.91. The third-order valence-corrected chi connectivity index (χ3v) is 5.81. The van der Waals surface area contributed by atoms with Crippen LogP contribution >= 0.6 is 11.3 Å². The predicted octanol–water partition coefficient (Wildman–Crippen LogP) is 4.52. The molecule has 1 aliphatic heterocycles. The van der Waals surface area contributed by atoms with Crippen molar-refractivity contribution in [3.05, 3.63) is 82.7 Å². The van der Waals surface area contributed by atoms with Crippen molar-refractivity contribution in [3.8, 4) is 0 Å². The molecule has 0 bridgehead atoms. The lowest BCUT2D eigenvalue weighted by atomic mass is 10.1. The van der Waals surface area contributed by atoms with Crippen LogP contribution < -0.4 is 15.1 Å². The Labute approximate surface area is 184 Å². The average Bonchev–Trinajstić information content (AvgIpc) is 3.37. The molecule has 0 saturated heterocycles. The molecule has 0 radical (unpaired) electrons. The summed E-state index contributed by atoms with van der Waals surface area (Å²) >= 11 is 1.43. The minimum Gasteiger partial charge on any atom is -0.337 e. The van der Waals surface area contributed by atoms with Crippen molar-refractivity contribution in [1.29, 1.82) is 0 Å². The van der Waals surface area contributed by atoms with Gasteiger partial charge in [0.05, 0.1) is 11.3 Å². The lowest BCUT2D eigenvalue weighted by Crippen LogP contribution is -2.35. The van der Waals surface area contributed by atoms with Gasteiger partial charge in [-0.3, -0.25) is 14.4 Å². The summed E-state index contributed by atoms with van der Waals surface area (Å²) in [7, 11) is 0. The van der Waals surface area contributed by atoms with Gasteiger partial charge in [0, 0.05) is 29.7 Å². The number of thiophene rings is 1. The summed E-state index contributed by atoms with van der Waals surface area (Å²) in [5, 5.41) is 4.58. The molecule has 1 aromatic heterocycles. The summed E-state index contributed by atoms with van der Waals surface area (Å²) in [6.07, 6.45) is 0. The van der Waals surface area contributed by atoms with E-state index in [0.29, 0.717) is 29.2 Å². The molecule has 1 aliphatic rings. The standard InChI is InChI=1S/C24H21N3O3S/c1-3-26(18-8-5-4-6-9-18)22-21(20-10-7-15-31-20)23(29)27(24(22)30)19-13-11-17(12-14-19)25-16(2)28/h4-15H,3H2,1-2H3,(H,25,28). The van der Waals surface area contributed by atoms with E-state index in [9.17, 15) is 14.4 Å². The zero-order valence-corrected chi connectivity index (χ0v) is 18.0. The van der Waals surface area contributed by atoms with Gasteiger partial charge in [-0.15, -0.1) is 11.3 Å². The fraction of sp³-hybridized carbons (Fsp3) is 0.125. The molecule has 7 heteroatoms. The fourth-order valence-electron chi connectivity index (χ4n) is 3.62. The number of hydrogen-bond donors (Lipinski definition) is 1. The number of benzene rings is 2. The van der Waals surface area contributed by atoms with Crippen LogP contribution in [0.1, 0.15) is 18.7 Å². The molecule has 0 spiro atoms. The normalized spacial score (nSPS) is 13.7. The van der Waals surface area contributed by atoms with Crippen LogP contribution in [0.4, 0.5) is 17.1 Å². The number of anilines is 3. The molecule has 3 amide bonds. The molecule has 4 rings (SSSR count). The summed E-state index contributed by atoms with van der Waals surface area (Å²) in [5.41, 5.74) is 2.67. The second kappa shape index (κ2) is 8.57. The number of rotatable bonds is 6. The van der Waals surface area contributed by atoms with Crippen molar-refractivity contribution in [3.63, 3.8) is 0 Å². The number of para-hydroxylation sites is 1. The van der Waals surface area contributed by atoms with Crippen molar-refractivity contribution in [2.45, 2.75) is 13.8 Å². The number of amides is 3. The summed E-state index contributed by atoms with van der Waals surface area (Å²) in [4.78, 5) is 42.2. The molecular formula is C24H21N3O3S. The topological polar surface area (TPSA) is 69.7 Å². The largest absolute Gasteiger partial charge is 0.337 e. The number of likely N-dealkylation sites (N-methyl/N-ethyl adjacent to an activating group) is 1. The van der Waals surface area contributed by atoms with Gasteiger partial charge in [0.25, 0.3) is 11.8 Å². The van der Waals surface area contributed by atoms with Gasteiger partial charge in [0.15, 0.2) is 0 Å². The summed E-state index contributed by atoms with van der Waals surface area (Å²) < 4.78 is 0. The quantitative estimate of drug-likeness (QED) is 0.583. The van der Waals surface area contributed by atoms with Gasteiger partial charge in [-0.2, -0.15) is 0 Å². The minimum absolute atomic E-state index is 0.188. The van der Waals surface area contributed by atoms with Crippen LogP contribution in [0.15, 0.2) is 77.8 Å².